The fourth-order valence-corrected chi connectivity index (χ4v) is 5.31. The maximum Gasteiger partial charge on any atom is 0.148 e. The summed E-state index contributed by atoms with van der Waals surface area (Å²) < 4.78 is 22.1. The summed E-state index contributed by atoms with van der Waals surface area (Å²) in [6.07, 6.45) is 7.94. The van der Waals surface area contributed by atoms with Gasteiger partial charge in [0.15, 0.2) is 0 Å². The first kappa shape index (κ1) is 16.1. The molecule has 0 bridgehead atoms. The summed E-state index contributed by atoms with van der Waals surface area (Å²) in [5.74, 6) is 2.31. The highest BCUT2D eigenvalue weighted by atomic mass is 32.2. The number of sulfone groups is 1. The van der Waals surface area contributed by atoms with Crippen LogP contribution < -0.4 is 5.32 Å². The molecule has 0 aromatic rings. The van der Waals surface area contributed by atoms with Crippen molar-refractivity contribution in [2.45, 2.75) is 50.1 Å². The van der Waals surface area contributed by atoms with Crippen molar-refractivity contribution in [2.24, 2.45) is 5.92 Å². The molecule has 114 valence electrons. The van der Waals surface area contributed by atoms with E-state index >= 15 is 0 Å². The average molecular weight is 316 g/mol. The minimum Gasteiger partial charge on any atom is -0.296 e. The van der Waals surface area contributed by atoms with Crippen LogP contribution in [0, 0.1) is 17.2 Å². The zero-order chi connectivity index (χ0) is 14.6. The van der Waals surface area contributed by atoms with Gasteiger partial charge in [-0.25, -0.2) is 8.42 Å². The molecule has 6 heteroatoms. The highest BCUT2D eigenvalue weighted by Crippen LogP contribution is 2.40. The van der Waals surface area contributed by atoms with E-state index < -0.39 is 9.84 Å². The first-order chi connectivity index (χ1) is 9.45. The Morgan fingerprint density at radius 2 is 2.10 bits per heavy atom. The molecule has 2 atom stereocenters. The highest BCUT2D eigenvalue weighted by Gasteiger charge is 2.45. The van der Waals surface area contributed by atoms with E-state index in [1.807, 2.05) is 0 Å². The molecule has 4 nitrogen and oxygen atoms in total. The second-order valence-corrected chi connectivity index (χ2v) is 9.61. The predicted molar refractivity (Wildman–Crippen MR) is 83.5 cm³/mol. The molecule has 0 aromatic heterocycles. The van der Waals surface area contributed by atoms with Crippen LogP contribution in [0.2, 0.25) is 0 Å². The van der Waals surface area contributed by atoms with Crippen LogP contribution in [0.4, 0.5) is 0 Å². The normalized spacial score (nSPS) is 30.3. The number of hydrogen-bond acceptors (Lipinski definition) is 5. The molecule has 2 aliphatic rings. The van der Waals surface area contributed by atoms with E-state index in [1.54, 1.807) is 11.8 Å². The molecular formula is C14H24N2O2S2. The lowest BCUT2D eigenvalue weighted by Gasteiger charge is -2.30. The van der Waals surface area contributed by atoms with Crippen LogP contribution >= 0.6 is 11.8 Å². The van der Waals surface area contributed by atoms with Crippen molar-refractivity contribution in [2.75, 3.05) is 23.5 Å². The molecule has 2 fully saturated rings. The molecule has 0 aromatic carbocycles. The maximum atomic E-state index is 11.1. The zero-order valence-electron chi connectivity index (χ0n) is 12.1. The molecule has 0 radical (unpaired) electrons. The Labute approximate surface area is 126 Å². The summed E-state index contributed by atoms with van der Waals surface area (Å²) in [6.45, 7) is 0. The molecule has 0 spiro atoms. The molecule has 2 saturated carbocycles. The van der Waals surface area contributed by atoms with E-state index in [4.69, 9.17) is 0 Å². The summed E-state index contributed by atoms with van der Waals surface area (Å²) in [5.41, 5.74) is -0.307. The van der Waals surface area contributed by atoms with E-state index in [0.29, 0.717) is 17.7 Å². The summed E-state index contributed by atoms with van der Waals surface area (Å²) in [4.78, 5) is 0. The second kappa shape index (κ2) is 6.67. The quantitative estimate of drug-likeness (QED) is 0.693. The Morgan fingerprint density at radius 1 is 1.35 bits per heavy atom. The lowest BCUT2D eigenvalue weighted by molar-refractivity contribution is 0.308. The van der Waals surface area contributed by atoms with Crippen LogP contribution in [0.3, 0.4) is 0 Å². The van der Waals surface area contributed by atoms with Gasteiger partial charge in [-0.15, -0.1) is 0 Å². The lowest BCUT2D eigenvalue weighted by Crippen LogP contribution is -2.48. The van der Waals surface area contributed by atoms with Crippen molar-refractivity contribution in [1.29, 1.82) is 5.26 Å². The second-order valence-electron chi connectivity index (χ2n) is 6.12. The van der Waals surface area contributed by atoms with Gasteiger partial charge in [-0.2, -0.15) is 17.0 Å². The van der Waals surface area contributed by atoms with Gasteiger partial charge in [-0.1, -0.05) is 6.42 Å². The molecular weight excluding hydrogens is 292 g/mol. The van der Waals surface area contributed by atoms with Gasteiger partial charge in [0.1, 0.15) is 15.4 Å². The van der Waals surface area contributed by atoms with Gasteiger partial charge in [0.2, 0.25) is 0 Å². The Bertz CT molecular complexity index is 468. The van der Waals surface area contributed by atoms with Gasteiger partial charge < -0.3 is 0 Å². The number of nitrogens with zero attached hydrogens (tertiary/aromatic N) is 1. The van der Waals surface area contributed by atoms with Crippen molar-refractivity contribution in [1.82, 2.24) is 5.32 Å². The van der Waals surface area contributed by atoms with E-state index in [1.165, 1.54) is 19.1 Å². The Hall–Kier alpha value is -0.250. The van der Waals surface area contributed by atoms with Crippen molar-refractivity contribution >= 4 is 21.6 Å². The minimum atomic E-state index is -2.84. The Morgan fingerprint density at radius 3 is 2.70 bits per heavy atom. The molecule has 0 amide bonds. The summed E-state index contributed by atoms with van der Waals surface area (Å²) in [6, 6.07) is 3.11. The van der Waals surface area contributed by atoms with E-state index in [2.05, 4.69) is 11.4 Å². The summed E-state index contributed by atoms with van der Waals surface area (Å²) in [5, 5.41) is 13.1. The largest absolute Gasteiger partial charge is 0.296 e. The van der Waals surface area contributed by atoms with Crippen molar-refractivity contribution < 1.29 is 8.42 Å². The molecule has 0 saturated heterocycles. The molecule has 20 heavy (non-hydrogen) atoms. The van der Waals surface area contributed by atoms with Crippen LogP contribution in [0.1, 0.15) is 38.5 Å². The minimum absolute atomic E-state index is 0.256. The van der Waals surface area contributed by atoms with E-state index in [9.17, 15) is 13.7 Å². The number of hydrogen-bond donors (Lipinski definition) is 1. The van der Waals surface area contributed by atoms with E-state index in [0.717, 1.165) is 31.4 Å². The standard InChI is InChI=1S/C14H24N2O2S2/c1-20(17,18)10-9-19-8-6-12-3-2-7-14(12,11-15)16-13-4-5-13/h12-13,16H,2-10H2,1H3. The average Bonchev–Trinajstić information content (AvgIpc) is 3.09. The third kappa shape index (κ3) is 4.64. The van der Waals surface area contributed by atoms with Crippen LogP contribution in [0.15, 0.2) is 0 Å². The SMILES string of the molecule is CS(=O)(=O)CCSCCC1CCCC1(C#N)NC1CC1. The summed E-state index contributed by atoms with van der Waals surface area (Å²) >= 11 is 1.70. The molecule has 2 aliphatic carbocycles. The van der Waals surface area contributed by atoms with Crippen LogP contribution in [0.25, 0.3) is 0 Å². The monoisotopic (exact) mass is 316 g/mol. The smallest absolute Gasteiger partial charge is 0.148 e. The van der Waals surface area contributed by atoms with Crippen LogP contribution in [-0.2, 0) is 9.84 Å². The van der Waals surface area contributed by atoms with Gasteiger partial charge in [0, 0.05) is 18.1 Å². The fraction of sp³-hybridized carbons (Fsp3) is 0.929. The molecule has 0 heterocycles. The van der Waals surface area contributed by atoms with E-state index in [-0.39, 0.29) is 11.3 Å². The van der Waals surface area contributed by atoms with Gasteiger partial charge in [-0.05, 0) is 43.8 Å². The van der Waals surface area contributed by atoms with Gasteiger partial charge >= 0.3 is 0 Å². The highest BCUT2D eigenvalue weighted by molar-refractivity contribution is 8.00. The third-order valence-corrected chi connectivity index (χ3v) is 6.49. The lowest BCUT2D eigenvalue weighted by atomic mass is 9.86. The molecule has 2 unspecified atom stereocenters. The van der Waals surface area contributed by atoms with Gasteiger partial charge in [-0.3, -0.25) is 5.32 Å². The Kier molecular flexibility index (Phi) is 5.38. The molecule has 2 rings (SSSR count). The molecule has 0 aliphatic heterocycles. The van der Waals surface area contributed by atoms with Crippen LogP contribution in [0.5, 0.6) is 0 Å². The first-order valence-electron chi connectivity index (χ1n) is 7.40. The zero-order valence-corrected chi connectivity index (χ0v) is 13.7. The van der Waals surface area contributed by atoms with Crippen molar-refractivity contribution in [3.8, 4) is 6.07 Å². The van der Waals surface area contributed by atoms with Crippen LogP contribution in [-0.4, -0.2) is 43.5 Å². The number of nitrogens with one attached hydrogen (secondary N) is 1. The predicted octanol–water partition coefficient (Wildman–Crippen LogP) is 1.97. The van der Waals surface area contributed by atoms with Gasteiger partial charge in [0.05, 0.1) is 11.8 Å². The van der Waals surface area contributed by atoms with Crippen molar-refractivity contribution in [3.05, 3.63) is 0 Å². The number of rotatable bonds is 8. The number of thioether (sulfide) groups is 1. The fourth-order valence-electron chi connectivity index (χ4n) is 2.97. The molecule has 1 N–H and O–H groups in total. The first-order valence-corrected chi connectivity index (χ1v) is 10.6. The van der Waals surface area contributed by atoms with Gasteiger partial charge in [0.25, 0.3) is 0 Å². The topological polar surface area (TPSA) is 70.0 Å². The third-order valence-electron chi connectivity index (χ3n) is 4.27. The van der Waals surface area contributed by atoms with Crippen molar-refractivity contribution in [3.63, 3.8) is 0 Å². The summed E-state index contributed by atoms with van der Waals surface area (Å²) in [7, 11) is -2.84. The Balaban J connectivity index is 1.75. The number of nitriles is 1. The maximum absolute atomic E-state index is 11.1.